The second kappa shape index (κ2) is 9.98. The van der Waals surface area contributed by atoms with Crippen molar-refractivity contribution in [2.45, 2.75) is 56.4 Å². The molecule has 42 heavy (non-hydrogen) atoms. The minimum atomic E-state index is -0.866. The van der Waals surface area contributed by atoms with Gasteiger partial charge in [-0.15, -0.1) is 0 Å². The van der Waals surface area contributed by atoms with E-state index in [1.54, 1.807) is 0 Å². The smallest absolute Gasteiger partial charge is 0.319 e. The zero-order valence-electron chi connectivity index (χ0n) is 23.7. The normalized spacial score (nSPS) is 27.1. The maximum Gasteiger partial charge on any atom is 0.319 e. The number of alkyl halides is 1. The maximum absolute atomic E-state index is 16.7. The van der Waals surface area contributed by atoms with E-state index in [4.69, 9.17) is 19.4 Å². The molecule has 3 saturated heterocycles. The largest absolute Gasteiger partial charge is 0.475 e. The van der Waals surface area contributed by atoms with Crippen molar-refractivity contribution in [3.8, 4) is 23.1 Å². The van der Waals surface area contributed by atoms with Gasteiger partial charge in [-0.1, -0.05) is 49.4 Å². The van der Waals surface area contributed by atoms with Gasteiger partial charge in [0.05, 0.1) is 11.6 Å². The predicted octanol–water partition coefficient (Wildman–Crippen LogP) is 4.89. The van der Waals surface area contributed by atoms with Crippen LogP contribution in [0, 0.1) is 5.82 Å². The zero-order valence-corrected chi connectivity index (χ0v) is 23.7. The van der Waals surface area contributed by atoms with Crippen molar-refractivity contribution in [3.05, 3.63) is 48.3 Å². The lowest BCUT2D eigenvalue weighted by atomic mass is 9.95. The van der Waals surface area contributed by atoms with Crippen molar-refractivity contribution in [3.63, 3.8) is 0 Å². The van der Waals surface area contributed by atoms with Gasteiger partial charge in [0.25, 0.3) is 0 Å². The molecule has 8 rings (SSSR count). The first-order valence-electron chi connectivity index (χ1n) is 15.1. The number of piperazine rings is 1. The topological polar surface area (TPSA) is 75.6 Å². The average molecular weight is 573 g/mol. The van der Waals surface area contributed by atoms with Crippen LogP contribution >= 0.6 is 0 Å². The Kier molecular flexibility index (Phi) is 6.19. The molecule has 0 unspecified atom stereocenters. The summed E-state index contributed by atoms with van der Waals surface area (Å²) in [5.74, 6) is 0.377. The van der Waals surface area contributed by atoms with Gasteiger partial charge in [-0.2, -0.15) is 9.97 Å². The Bertz CT molecular complexity index is 1680. The van der Waals surface area contributed by atoms with E-state index in [0.717, 1.165) is 36.6 Å². The number of nitrogens with zero attached hydrogens (tertiary/aromatic N) is 5. The highest BCUT2D eigenvalue weighted by Gasteiger charge is 2.49. The van der Waals surface area contributed by atoms with Crippen molar-refractivity contribution in [1.82, 2.24) is 25.2 Å². The standard InChI is InChI=1S/C32H34F2N6O2/c1-2-21-16-40-22(14-35-21)17-41-30-25-28(26(34)27(36-30)24-10-5-8-19-7-3-4-9-23(19)24)37-31(38-29(25)40)42-18-32-11-6-12-39(32)15-20(33)13-32/h3-5,7-10,20-22,35H,2,6,11-18H2,1H3/t20-,21-,22+,32+/m1/s1. The molecule has 1 N–H and O–H groups in total. The molecule has 218 valence electrons. The third kappa shape index (κ3) is 4.10. The lowest BCUT2D eigenvalue weighted by Gasteiger charge is -2.39. The lowest BCUT2D eigenvalue weighted by molar-refractivity contribution is 0.107. The molecular weight excluding hydrogens is 538 g/mol. The van der Waals surface area contributed by atoms with Crippen molar-refractivity contribution >= 4 is 27.5 Å². The van der Waals surface area contributed by atoms with Crippen LogP contribution in [-0.2, 0) is 0 Å². The van der Waals surface area contributed by atoms with Crippen molar-refractivity contribution in [1.29, 1.82) is 0 Å². The molecule has 4 aliphatic heterocycles. The van der Waals surface area contributed by atoms with E-state index in [1.165, 1.54) is 0 Å². The molecule has 2 aromatic carbocycles. The second-order valence-electron chi connectivity index (χ2n) is 12.2. The summed E-state index contributed by atoms with van der Waals surface area (Å²) in [6, 6.07) is 14.0. The van der Waals surface area contributed by atoms with E-state index >= 15 is 4.39 Å². The Balaban J connectivity index is 1.29. The fourth-order valence-corrected chi connectivity index (χ4v) is 7.46. The molecule has 0 radical (unpaired) electrons. The Hall–Kier alpha value is -3.63. The van der Waals surface area contributed by atoms with Crippen LogP contribution in [0.15, 0.2) is 42.5 Å². The third-order valence-electron chi connectivity index (χ3n) is 9.67. The molecule has 0 saturated carbocycles. The Morgan fingerprint density at radius 2 is 2.00 bits per heavy atom. The Labute approximate surface area is 243 Å². The summed E-state index contributed by atoms with van der Waals surface area (Å²) in [5.41, 5.74) is 0.623. The van der Waals surface area contributed by atoms with Crippen LogP contribution in [0.1, 0.15) is 32.6 Å². The zero-order chi connectivity index (χ0) is 28.4. The fraction of sp³-hybridized carbons (Fsp3) is 0.469. The van der Waals surface area contributed by atoms with E-state index in [1.807, 2.05) is 42.5 Å². The van der Waals surface area contributed by atoms with Crippen LogP contribution in [0.3, 0.4) is 0 Å². The van der Waals surface area contributed by atoms with E-state index in [-0.39, 0.29) is 41.5 Å². The van der Waals surface area contributed by atoms with Gasteiger partial charge in [-0.05, 0) is 36.6 Å². The fourth-order valence-electron chi connectivity index (χ4n) is 7.46. The van der Waals surface area contributed by atoms with E-state index < -0.39 is 12.0 Å². The van der Waals surface area contributed by atoms with Gasteiger partial charge in [-0.3, -0.25) is 4.90 Å². The van der Waals surface area contributed by atoms with Crippen LogP contribution in [0.4, 0.5) is 14.6 Å². The van der Waals surface area contributed by atoms with Crippen molar-refractivity contribution in [2.24, 2.45) is 0 Å². The van der Waals surface area contributed by atoms with Gasteiger partial charge in [0.15, 0.2) is 5.82 Å². The molecule has 4 aliphatic rings. The van der Waals surface area contributed by atoms with Crippen molar-refractivity contribution < 1.29 is 18.3 Å². The van der Waals surface area contributed by atoms with Gasteiger partial charge in [0.2, 0.25) is 5.88 Å². The molecule has 3 fully saturated rings. The van der Waals surface area contributed by atoms with Crippen LogP contribution in [0.2, 0.25) is 0 Å². The number of aromatic nitrogens is 3. The molecular formula is C32H34F2N6O2. The van der Waals surface area contributed by atoms with Crippen LogP contribution in [0.25, 0.3) is 32.9 Å². The minimum absolute atomic E-state index is 0.0111. The number of halogens is 2. The number of fused-ring (bicyclic) bond motifs is 4. The highest BCUT2D eigenvalue weighted by Crippen LogP contribution is 2.43. The van der Waals surface area contributed by atoms with E-state index in [0.29, 0.717) is 55.3 Å². The number of rotatable bonds is 5. The number of hydrogen-bond acceptors (Lipinski definition) is 8. The Morgan fingerprint density at radius 3 is 2.90 bits per heavy atom. The van der Waals surface area contributed by atoms with Crippen LogP contribution in [0.5, 0.6) is 11.9 Å². The first-order chi connectivity index (χ1) is 20.5. The second-order valence-corrected chi connectivity index (χ2v) is 12.2. The molecule has 4 aromatic rings. The highest BCUT2D eigenvalue weighted by molar-refractivity contribution is 6.01. The summed E-state index contributed by atoms with van der Waals surface area (Å²) in [6.45, 7) is 5.51. The monoisotopic (exact) mass is 572 g/mol. The average Bonchev–Trinajstić information content (AvgIpc) is 3.49. The van der Waals surface area contributed by atoms with Crippen LogP contribution in [-0.4, -0.2) is 83.0 Å². The van der Waals surface area contributed by atoms with Crippen molar-refractivity contribution in [2.75, 3.05) is 44.3 Å². The molecule has 4 atom stereocenters. The molecule has 10 heteroatoms. The summed E-state index contributed by atoms with van der Waals surface area (Å²) in [5, 5.41) is 5.95. The number of benzene rings is 2. The number of ether oxygens (including phenoxy) is 2. The lowest BCUT2D eigenvalue weighted by Crippen LogP contribution is -2.58. The summed E-state index contributed by atoms with van der Waals surface area (Å²) < 4.78 is 43.8. The number of anilines is 1. The van der Waals surface area contributed by atoms with Gasteiger partial charge >= 0.3 is 6.01 Å². The predicted molar refractivity (Wildman–Crippen MR) is 157 cm³/mol. The summed E-state index contributed by atoms with van der Waals surface area (Å²) in [4.78, 5) is 18.7. The van der Waals surface area contributed by atoms with E-state index in [2.05, 4.69) is 27.0 Å². The summed E-state index contributed by atoms with van der Waals surface area (Å²) in [7, 11) is 0. The minimum Gasteiger partial charge on any atom is -0.475 e. The van der Waals surface area contributed by atoms with Gasteiger partial charge in [-0.25, -0.2) is 13.8 Å². The molecule has 0 amide bonds. The third-order valence-corrected chi connectivity index (χ3v) is 9.67. The summed E-state index contributed by atoms with van der Waals surface area (Å²) >= 11 is 0. The molecule has 8 nitrogen and oxygen atoms in total. The van der Waals surface area contributed by atoms with Gasteiger partial charge in [0.1, 0.15) is 41.8 Å². The first kappa shape index (κ1) is 26.0. The number of pyridine rings is 1. The first-order valence-corrected chi connectivity index (χ1v) is 15.1. The van der Waals surface area contributed by atoms with Gasteiger partial charge in [0, 0.05) is 37.7 Å². The SMILES string of the molecule is CC[C@@H]1CN2c3nc(OC[C@@]45CCCN4C[C@H](F)C5)nc4c(F)c(-c5cccc6ccccc56)nc(c34)OC[C@@H]2CN1. The summed E-state index contributed by atoms with van der Waals surface area (Å²) in [6.07, 6.45) is 2.40. The Morgan fingerprint density at radius 1 is 1.12 bits per heavy atom. The maximum atomic E-state index is 16.7. The van der Waals surface area contributed by atoms with E-state index in [9.17, 15) is 4.39 Å². The molecule has 0 aliphatic carbocycles. The highest BCUT2D eigenvalue weighted by atomic mass is 19.1. The molecule has 2 aromatic heterocycles. The quantitative estimate of drug-likeness (QED) is 0.363. The van der Waals surface area contributed by atoms with Crippen LogP contribution < -0.4 is 19.7 Å². The molecule has 0 bridgehead atoms. The van der Waals surface area contributed by atoms with Gasteiger partial charge < -0.3 is 19.7 Å². The molecule has 6 heterocycles. The molecule has 0 spiro atoms. The number of hydrogen-bond donors (Lipinski definition) is 1. The number of nitrogens with one attached hydrogen (secondary N) is 1.